The molecule has 8 heteroatoms. The molecule has 0 spiro atoms. The van der Waals surface area contributed by atoms with Crippen LogP contribution in [-0.4, -0.2) is 32.8 Å². The number of carbonyl (C=O) groups excluding carboxylic acids is 1. The summed E-state index contributed by atoms with van der Waals surface area (Å²) in [5.74, 6) is 1.15. The molecule has 1 amide bonds. The number of nitrogens with zero attached hydrogens (tertiary/aromatic N) is 4. The predicted octanol–water partition coefficient (Wildman–Crippen LogP) is 4.69. The van der Waals surface area contributed by atoms with Gasteiger partial charge in [0.25, 0.3) is 11.5 Å². The van der Waals surface area contributed by atoms with Crippen molar-refractivity contribution in [3.05, 3.63) is 67.8 Å². The minimum atomic E-state index is -0.274. The van der Waals surface area contributed by atoms with Crippen molar-refractivity contribution in [2.24, 2.45) is 5.92 Å². The number of aromatic nitrogens is 1. The number of hydrogen-bond acceptors (Lipinski definition) is 6. The third-order valence-electron chi connectivity index (χ3n) is 6.45. The molecular formula is C26H28N4O2S2. The highest BCUT2D eigenvalue weighted by atomic mass is 32.2. The number of amides is 1. The Morgan fingerprint density at radius 3 is 2.65 bits per heavy atom. The van der Waals surface area contributed by atoms with Crippen LogP contribution in [0, 0.1) is 24.2 Å². The minimum Gasteiger partial charge on any atom is -0.357 e. The molecule has 176 valence electrons. The van der Waals surface area contributed by atoms with E-state index in [1.54, 1.807) is 16.4 Å². The zero-order valence-electron chi connectivity index (χ0n) is 19.7. The molecule has 0 aliphatic carbocycles. The Morgan fingerprint density at radius 1 is 1.26 bits per heavy atom. The van der Waals surface area contributed by atoms with Crippen molar-refractivity contribution in [2.75, 3.05) is 18.0 Å². The van der Waals surface area contributed by atoms with E-state index in [0.29, 0.717) is 33.8 Å². The first-order chi connectivity index (χ1) is 16.3. The Hall–Kier alpha value is -2.89. The molecule has 1 aromatic carbocycles. The van der Waals surface area contributed by atoms with Gasteiger partial charge in [0.15, 0.2) is 0 Å². The Morgan fingerprint density at radius 2 is 2.00 bits per heavy atom. The average molecular weight is 493 g/mol. The van der Waals surface area contributed by atoms with Crippen LogP contribution in [0.4, 0.5) is 5.82 Å². The summed E-state index contributed by atoms with van der Waals surface area (Å²) in [7, 11) is 0. The van der Waals surface area contributed by atoms with Crippen molar-refractivity contribution in [3.8, 4) is 6.07 Å². The molecule has 2 saturated heterocycles. The van der Waals surface area contributed by atoms with Crippen LogP contribution in [0.2, 0.25) is 0 Å². The zero-order valence-corrected chi connectivity index (χ0v) is 21.3. The maximum atomic E-state index is 13.4. The van der Waals surface area contributed by atoms with E-state index in [0.717, 1.165) is 42.9 Å². The molecule has 0 bridgehead atoms. The van der Waals surface area contributed by atoms with E-state index < -0.39 is 0 Å². The summed E-state index contributed by atoms with van der Waals surface area (Å²) in [6.07, 6.45) is 4.02. The fraction of sp³-hybridized carbons (Fsp3) is 0.385. The van der Waals surface area contributed by atoms with Gasteiger partial charge in [-0.15, -0.1) is 0 Å². The van der Waals surface area contributed by atoms with Gasteiger partial charge >= 0.3 is 0 Å². The van der Waals surface area contributed by atoms with Crippen LogP contribution in [0.1, 0.15) is 48.9 Å². The van der Waals surface area contributed by atoms with Gasteiger partial charge in [0.1, 0.15) is 21.8 Å². The highest BCUT2D eigenvalue weighted by molar-refractivity contribution is 8.26. The van der Waals surface area contributed by atoms with Gasteiger partial charge in [0.2, 0.25) is 0 Å². The first kappa shape index (κ1) is 24.2. The van der Waals surface area contributed by atoms with Gasteiger partial charge in [0, 0.05) is 25.2 Å². The van der Waals surface area contributed by atoms with Gasteiger partial charge in [-0.2, -0.15) is 5.26 Å². The first-order valence-electron chi connectivity index (χ1n) is 11.6. The Labute approximate surface area is 209 Å². The molecule has 1 unspecified atom stereocenters. The quantitative estimate of drug-likeness (QED) is 0.446. The molecule has 34 heavy (non-hydrogen) atoms. The molecule has 2 aliphatic heterocycles. The summed E-state index contributed by atoms with van der Waals surface area (Å²) in [4.78, 5) is 30.9. The third kappa shape index (κ3) is 4.55. The van der Waals surface area contributed by atoms with Crippen LogP contribution in [-0.2, 0) is 17.9 Å². The van der Waals surface area contributed by atoms with Crippen LogP contribution < -0.4 is 10.5 Å². The summed E-state index contributed by atoms with van der Waals surface area (Å²) in [6, 6.07) is 11.9. The molecule has 0 radical (unpaired) electrons. The molecule has 1 atom stereocenters. The Kier molecular flexibility index (Phi) is 7.24. The smallest absolute Gasteiger partial charge is 0.270 e. The molecule has 2 fully saturated rings. The SMILES string of the molecule is CCn1c(N2CCCC(C)C2)c(C=C2SC(=S)N(Cc3ccccc3)C2=O)c(C)c(C#N)c1=O. The van der Waals surface area contributed by atoms with Gasteiger partial charge in [0.05, 0.1) is 11.4 Å². The van der Waals surface area contributed by atoms with Crippen molar-refractivity contribution in [1.29, 1.82) is 5.26 Å². The minimum absolute atomic E-state index is 0.127. The fourth-order valence-electron chi connectivity index (χ4n) is 4.69. The van der Waals surface area contributed by atoms with Crippen molar-refractivity contribution in [3.63, 3.8) is 0 Å². The number of carbonyl (C=O) groups is 1. The second-order valence-electron chi connectivity index (χ2n) is 8.85. The normalized spacial score (nSPS) is 19.7. The molecular weight excluding hydrogens is 464 g/mol. The maximum Gasteiger partial charge on any atom is 0.270 e. The standard InChI is InChI=1S/C26H28N4O2S2/c1-4-29-23(28-12-8-9-17(2)15-28)20(18(3)21(14-27)24(29)31)13-22-25(32)30(26(33)34-22)16-19-10-6-5-7-11-19/h5-7,10-11,13,17H,4,8-9,12,15-16H2,1-3H3. The maximum absolute atomic E-state index is 13.4. The third-order valence-corrected chi connectivity index (χ3v) is 7.83. The number of piperidine rings is 1. The van der Waals surface area contributed by atoms with E-state index in [9.17, 15) is 14.9 Å². The van der Waals surface area contributed by atoms with Crippen molar-refractivity contribution in [1.82, 2.24) is 9.47 Å². The summed E-state index contributed by atoms with van der Waals surface area (Å²) in [5, 5.41) is 9.75. The summed E-state index contributed by atoms with van der Waals surface area (Å²) < 4.78 is 2.19. The van der Waals surface area contributed by atoms with Crippen LogP contribution in [0.15, 0.2) is 40.0 Å². The number of thioether (sulfide) groups is 1. The lowest BCUT2D eigenvalue weighted by molar-refractivity contribution is -0.122. The highest BCUT2D eigenvalue weighted by Gasteiger charge is 2.33. The van der Waals surface area contributed by atoms with E-state index in [1.165, 1.54) is 11.8 Å². The topological polar surface area (TPSA) is 69.3 Å². The number of benzene rings is 1. The van der Waals surface area contributed by atoms with E-state index in [-0.39, 0.29) is 17.0 Å². The van der Waals surface area contributed by atoms with Gasteiger partial charge < -0.3 is 4.90 Å². The fourth-order valence-corrected chi connectivity index (χ4v) is 5.93. The molecule has 3 heterocycles. The van der Waals surface area contributed by atoms with Crippen LogP contribution in [0.5, 0.6) is 0 Å². The molecule has 2 aromatic rings. The van der Waals surface area contributed by atoms with Gasteiger partial charge in [-0.05, 0) is 49.8 Å². The van der Waals surface area contributed by atoms with Crippen molar-refractivity contribution in [2.45, 2.75) is 46.7 Å². The number of anilines is 1. The van der Waals surface area contributed by atoms with Crippen LogP contribution in [0.3, 0.4) is 0 Å². The van der Waals surface area contributed by atoms with Crippen LogP contribution >= 0.6 is 24.0 Å². The first-order valence-corrected chi connectivity index (χ1v) is 12.8. The van der Waals surface area contributed by atoms with Crippen molar-refractivity contribution < 1.29 is 4.79 Å². The molecule has 0 saturated carbocycles. The lowest BCUT2D eigenvalue weighted by atomic mass is 9.98. The lowest BCUT2D eigenvalue weighted by Gasteiger charge is -2.35. The lowest BCUT2D eigenvalue weighted by Crippen LogP contribution is -2.40. The molecule has 2 aliphatic rings. The number of rotatable bonds is 5. The largest absolute Gasteiger partial charge is 0.357 e. The summed E-state index contributed by atoms with van der Waals surface area (Å²) in [5.41, 5.74) is 2.22. The Bertz CT molecular complexity index is 1260. The molecule has 6 nitrogen and oxygen atoms in total. The van der Waals surface area contributed by atoms with E-state index >= 15 is 0 Å². The average Bonchev–Trinajstić information content (AvgIpc) is 3.09. The number of hydrogen-bond donors (Lipinski definition) is 0. The summed E-state index contributed by atoms with van der Waals surface area (Å²) in [6.45, 7) is 8.46. The van der Waals surface area contributed by atoms with Gasteiger partial charge in [-0.25, -0.2) is 0 Å². The Balaban J connectivity index is 1.82. The number of thiocarbonyl (C=S) groups is 1. The summed E-state index contributed by atoms with van der Waals surface area (Å²) >= 11 is 6.82. The monoisotopic (exact) mass is 492 g/mol. The van der Waals surface area contributed by atoms with Gasteiger partial charge in [-0.3, -0.25) is 19.1 Å². The van der Waals surface area contributed by atoms with E-state index in [4.69, 9.17) is 12.2 Å². The van der Waals surface area contributed by atoms with Crippen LogP contribution in [0.25, 0.3) is 6.08 Å². The predicted molar refractivity (Wildman–Crippen MR) is 142 cm³/mol. The zero-order chi connectivity index (χ0) is 24.4. The molecule has 1 aromatic heterocycles. The van der Waals surface area contributed by atoms with E-state index in [1.807, 2.05) is 43.3 Å². The van der Waals surface area contributed by atoms with Gasteiger partial charge in [-0.1, -0.05) is 61.2 Å². The number of pyridine rings is 1. The second kappa shape index (κ2) is 10.2. The highest BCUT2D eigenvalue weighted by Crippen LogP contribution is 2.37. The van der Waals surface area contributed by atoms with Crippen molar-refractivity contribution >= 4 is 46.1 Å². The molecule has 4 rings (SSSR count). The number of nitriles is 1. The van der Waals surface area contributed by atoms with E-state index in [2.05, 4.69) is 17.9 Å². The second-order valence-corrected chi connectivity index (χ2v) is 10.5. The molecule has 0 N–H and O–H groups in total.